The van der Waals surface area contributed by atoms with Gasteiger partial charge in [0.25, 0.3) is 0 Å². The van der Waals surface area contributed by atoms with Gasteiger partial charge in [-0.05, 0) is 24.6 Å². The molecule has 0 spiro atoms. The fourth-order valence-corrected chi connectivity index (χ4v) is 0.856. The molecule has 0 saturated carbocycles. The molecule has 3 heteroatoms. The predicted octanol–water partition coefficient (Wildman–Crippen LogP) is 2.52. The molecule has 1 atom stereocenters. The van der Waals surface area contributed by atoms with Crippen molar-refractivity contribution in [3.05, 3.63) is 29.8 Å². The molecule has 60 valence electrons. The van der Waals surface area contributed by atoms with Crippen molar-refractivity contribution in [2.75, 3.05) is 5.48 Å². The SMILES string of the molecule is CC(F)c1cccc(NO)c1. The Balaban J connectivity index is 2.91. The summed E-state index contributed by atoms with van der Waals surface area (Å²) in [5.41, 5.74) is 3.02. The molecule has 2 N–H and O–H groups in total. The molecule has 0 aliphatic carbocycles. The Morgan fingerprint density at radius 3 is 2.82 bits per heavy atom. The third kappa shape index (κ3) is 1.91. The van der Waals surface area contributed by atoms with Crippen LogP contribution in [-0.4, -0.2) is 5.21 Å². The largest absolute Gasteiger partial charge is 0.291 e. The van der Waals surface area contributed by atoms with Gasteiger partial charge in [0, 0.05) is 0 Å². The second-order valence-electron chi connectivity index (χ2n) is 2.35. The standard InChI is InChI=1S/C8H10FNO/c1-6(9)7-3-2-4-8(5-7)10-11/h2-6,10-11H,1H3. The topological polar surface area (TPSA) is 32.3 Å². The van der Waals surface area contributed by atoms with Crippen LogP contribution in [-0.2, 0) is 0 Å². The molecule has 0 saturated heterocycles. The lowest BCUT2D eigenvalue weighted by atomic mass is 10.1. The monoisotopic (exact) mass is 155 g/mol. The van der Waals surface area contributed by atoms with Gasteiger partial charge in [-0.25, -0.2) is 4.39 Å². The fourth-order valence-electron chi connectivity index (χ4n) is 0.856. The minimum atomic E-state index is -0.997. The lowest BCUT2D eigenvalue weighted by Gasteiger charge is -2.03. The van der Waals surface area contributed by atoms with Crippen molar-refractivity contribution in [1.82, 2.24) is 0 Å². The van der Waals surface area contributed by atoms with Crippen LogP contribution in [0.2, 0.25) is 0 Å². The maximum Gasteiger partial charge on any atom is 0.122 e. The molecule has 0 radical (unpaired) electrons. The fraction of sp³-hybridized carbons (Fsp3) is 0.250. The Kier molecular flexibility index (Phi) is 2.44. The van der Waals surface area contributed by atoms with Crippen LogP contribution >= 0.6 is 0 Å². The lowest BCUT2D eigenvalue weighted by Crippen LogP contribution is -1.91. The Morgan fingerprint density at radius 1 is 1.55 bits per heavy atom. The number of halogens is 1. The Morgan fingerprint density at radius 2 is 2.27 bits per heavy atom. The highest BCUT2D eigenvalue weighted by Gasteiger charge is 2.01. The van der Waals surface area contributed by atoms with Crippen molar-refractivity contribution < 1.29 is 9.60 Å². The van der Waals surface area contributed by atoms with Gasteiger partial charge in [0.1, 0.15) is 6.17 Å². The Labute approximate surface area is 64.6 Å². The maximum atomic E-state index is 12.6. The van der Waals surface area contributed by atoms with Crippen molar-refractivity contribution in [1.29, 1.82) is 0 Å². The molecule has 0 heterocycles. The first kappa shape index (κ1) is 8.01. The summed E-state index contributed by atoms with van der Waals surface area (Å²) in [5.74, 6) is 0. The minimum Gasteiger partial charge on any atom is -0.291 e. The van der Waals surface area contributed by atoms with E-state index in [4.69, 9.17) is 5.21 Å². The quantitative estimate of drug-likeness (QED) is 0.643. The van der Waals surface area contributed by atoms with E-state index in [9.17, 15) is 4.39 Å². The van der Waals surface area contributed by atoms with Gasteiger partial charge < -0.3 is 0 Å². The van der Waals surface area contributed by atoms with Crippen LogP contribution in [0.4, 0.5) is 10.1 Å². The highest BCUT2D eigenvalue weighted by molar-refractivity contribution is 5.43. The average molecular weight is 155 g/mol. The minimum absolute atomic E-state index is 0.506. The summed E-state index contributed by atoms with van der Waals surface area (Å²) < 4.78 is 12.6. The number of hydrogen-bond donors (Lipinski definition) is 2. The Hall–Kier alpha value is -1.09. The highest BCUT2D eigenvalue weighted by Crippen LogP contribution is 2.19. The van der Waals surface area contributed by atoms with Gasteiger partial charge in [-0.3, -0.25) is 10.7 Å². The zero-order valence-electron chi connectivity index (χ0n) is 6.21. The summed E-state index contributed by atoms with van der Waals surface area (Å²) in [6.07, 6.45) is -0.997. The highest BCUT2D eigenvalue weighted by atomic mass is 19.1. The second kappa shape index (κ2) is 3.34. The van der Waals surface area contributed by atoms with Gasteiger partial charge in [0.2, 0.25) is 0 Å². The summed E-state index contributed by atoms with van der Waals surface area (Å²) in [4.78, 5) is 0. The number of hydrogen-bond acceptors (Lipinski definition) is 2. The van der Waals surface area contributed by atoms with Gasteiger partial charge in [-0.2, -0.15) is 0 Å². The zero-order chi connectivity index (χ0) is 8.27. The van der Waals surface area contributed by atoms with Crippen molar-refractivity contribution in [2.45, 2.75) is 13.1 Å². The molecule has 1 aromatic rings. The predicted molar refractivity (Wildman–Crippen MR) is 41.4 cm³/mol. The molecule has 0 aromatic heterocycles. The van der Waals surface area contributed by atoms with Crippen molar-refractivity contribution in [2.24, 2.45) is 0 Å². The molecule has 11 heavy (non-hydrogen) atoms. The summed E-state index contributed by atoms with van der Waals surface area (Å²) in [7, 11) is 0. The van der Waals surface area contributed by atoms with E-state index in [1.165, 1.54) is 6.92 Å². The van der Waals surface area contributed by atoms with Crippen molar-refractivity contribution in [3.8, 4) is 0 Å². The van der Waals surface area contributed by atoms with E-state index in [1.807, 2.05) is 5.48 Å². The first-order valence-electron chi connectivity index (χ1n) is 3.38. The molecule has 1 unspecified atom stereocenters. The second-order valence-corrected chi connectivity index (χ2v) is 2.35. The normalized spacial score (nSPS) is 12.6. The van der Waals surface area contributed by atoms with Gasteiger partial charge in [0.15, 0.2) is 0 Å². The summed E-state index contributed by atoms with van der Waals surface area (Å²) in [5, 5.41) is 8.47. The van der Waals surface area contributed by atoms with E-state index in [1.54, 1.807) is 24.3 Å². The summed E-state index contributed by atoms with van der Waals surface area (Å²) in [6.45, 7) is 1.45. The molecular weight excluding hydrogens is 145 g/mol. The van der Waals surface area contributed by atoms with Gasteiger partial charge in [0.05, 0.1) is 5.69 Å². The zero-order valence-corrected chi connectivity index (χ0v) is 6.21. The molecule has 0 bridgehead atoms. The molecule has 1 rings (SSSR count). The first-order valence-corrected chi connectivity index (χ1v) is 3.38. The molecular formula is C8H10FNO. The number of benzene rings is 1. The summed E-state index contributed by atoms with van der Waals surface area (Å²) in [6, 6.07) is 6.58. The molecule has 2 nitrogen and oxygen atoms in total. The molecule has 0 aliphatic rings. The molecule has 0 amide bonds. The van der Waals surface area contributed by atoms with Crippen LogP contribution in [0.25, 0.3) is 0 Å². The van der Waals surface area contributed by atoms with E-state index >= 15 is 0 Å². The third-order valence-corrected chi connectivity index (χ3v) is 1.48. The van der Waals surface area contributed by atoms with E-state index in [-0.39, 0.29) is 0 Å². The Bertz CT molecular complexity index is 237. The number of alkyl halides is 1. The van der Waals surface area contributed by atoms with Crippen LogP contribution < -0.4 is 5.48 Å². The first-order chi connectivity index (χ1) is 5.24. The molecule has 0 aliphatic heterocycles. The maximum absolute atomic E-state index is 12.6. The van der Waals surface area contributed by atoms with Crippen molar-refractivity contribution in [3.63, 3.8) is 0 Å². The van der Waals surface area contributed by atoms with E-state index in [2.05, 4.69) is 0 Å². The average Bonchev–Trinajstić information content (AvgIpc) is 2.05. The van der Waals surface area contributed by atoms with Crippen LogP contribution in [0.15, 0.2) is 24.3 Å². The van der Waals surface area contributed by atoms with Gasteiger partial charge >= 0.3 is 0 Å². The van der Waals surface area contributed by atoms with Gasteiger partial charge in [-0.15, -0.1) is 0 Å². The van der Waals surface area contributed by atoms with Crippen LogP contribution in [0, 0.1) is 0 Å². The molecule has 0 fully saturated rings. The van der Waals surface area contributed by atoms with Crippen LogP contribution in [0.3, 0.4) is 0 Å². The summed E-state index contributed by atoms with van der Waals surface area (Å²) >= 11 is 0. The van der Waals surface area contributed by atoms with E-state index < -0.39 is 6.17 Å². The van der Waals surface area contributed by atoms with Crippen molar-refractivity contribution >= 4 is 5.69 Å². The molecule has 1 aromatic carbocycles. The van der Waals surface area contributed by atoms with Gasteiger partial charge in [-0.1, -0.05) is 12.1 Å². The van der Waals surface area contributed by atoms with E-state index in [0.29, 0.717) is 11.3 Å². The van der Waals surface area contributed by atoms with E-state index in [0.717, 1.165) is 0 Å². The number of nitrogens with one attached hydrogen (secondary N) is 1. The number of anilines is 1. The lowest BCUT2D eigenvalue weighted by molar-refractivity contribution is 0.372. The number of rotatable bonds is 2. The van der Waals surface area contributed by atoms with Crippen LogP contribution in [0.5, 0.6) is 0 Å². The van der Waals surface area contributed by atoms with Crippen LogP contribution in [0.1, 0.15) is 18.7 Å². The third-order valence-electron chi connectivity index (χ3n) is 1.48. The smallest absolute Gasteiger partial charge is 0.122 e.